The molecule has 2 amide bonds. The van der Waals surface area contributed by atoms with Crippen molar-refractivity contribution in [3.63, 3.8) is 0 Å². The molecule has 28 heavy (non-hydrogen) atoms. The number of hydrogen-bond donors (Lipinski definition) is 0. The lowest BCUT2D eigenvalue weighted by atomic mass is 10.2. The van der Waals surface area contributed by atoms with Gasteiger partial charge in [-0.3, -0.25) is 14.5 Å². The normalized spacial score (nSPS) is 18.2. The SMILES string of the molecule is CC(=O)N(CCC(=O)N1CCN(c2ccccc2)CC1)CCN1CCOCC1. The predicted octanol–water partition coefficient (Wildman–Crippen LogP) is 0.906. The average Bonchev–Trinajstić information content (AvgIpc) is 2.75. The van der Waals surface area contributed by atoms with Crippen molar-refractivity contribution in [3.05, 3.63) is 30.3 Å². The summed E-state index contributed by atoms with van der Waals surface area (Å²) in [5.41, 5.74) is 1.21. The minimum absolute atomic E-state index is 0.0370. The zero-order valence-corrected chi connectivity index (χ0v) is 16.9. The molecule has 7 nitrogen and oxygen atoms in total. The van der Waals surface area contributed by atoms with Crippen molar-refractivity contribution >= 4 is 17.5 Å². The maximum atomic E-state index is 12.6. The summed E-state index contributed by atoms with van der Waals surface area (Å²) < 4.78 is 5.36. The monoisotopic (exact) mass is 388 g/mol. The third-order valence-electron chi connectivity index (χ3n) is 5.58. The van der Waals surface area contributed by atoms with E-state index >= 15 is 0 Å². The fourth-order valence-electron chi connectivity index (χ4n) is 3.76. The van der Waals surface area contributed by atoms with Crippen molar-refractivity contribution in [2.24, 2.45) is 0 Å². The Bertz CT molecular complexity index is 626. The molecule has 2 aliphatic rings. The van der Waals surface area contributed by atoms with E-state index in [1.165, 1.54) is 5.69 Å². The van der Waals surface area contributed by atoms with Gasteiger partial charge in [-0.25, -0.2) is 0 Å². The highest BCUT2D eigenvalue weighted by atomic mass is 16.5. The second-order valence-corrected chi connectivity index (χ2v) is 7.41. The summed E-state index contributed by atoms with van der Waals surface area (Å²) in [4.78, 5) is 32.9. The van der Waals surface area contributed by atoms with Crippen LogP contribution in [0.15, 0.2) is 30.3 Å². The third kappa shape index (κ3) is 5.94. The largest absolute Gasteiger partial charge is 0.379 e. The van der Waals surface area contributed by atoms with Gasteiger partial charge in [0.05, 0.1) is 13.2 Å². The first-order valence-corrected chi connectivity index (χ1v) is 10.3. The molecule has 3 rings (SSSR count). The molecule has 2 aliphatic heterocycles. The molecule has 0 N–H and O–H groups in total. The van der Waals surface area contributed by atoms with E-state index in [2.05, 4.69) is 21.9 Å². The first-order chi connectivity index (χ1) is 13.6. The summed E-state index contributed by atoms with van der Waals surface area (Å²) in [5.74, 6) is 0.181. The Morgan fingerprint density at radius 3 is 2.29 bits per heavy atom. The number of amides is 2. The number of para-hydroxylation sites is 1. The number of carbonyl (C=O) groups is 2. The molecule has 1 aromatic carbocycles. The van der Waals surface area contributed by atoms with Crippen LogP contribution in [0.25, 0.3) is 0 Å². The molecule has 0 atom stereocenters. The molecule has 7 heteroatoms. The van der Waals surface area contributed by atoms with Crippen LogP contribution in [0.5, 0.6) is 0 Å². The van der Waals surface area contributed by atoms with Gasteiger partial charge in [-0.15, -0.1) is 0 Å². The highest BCUT2D eigenvalue weighted by molar-refractivity contribution is 5.78. The van der Waals surface area contributed by atoms with E-state index < -0.39 is 0 Å². The van der Waals surface area contributed by atoms with Gasteiger partial charge in [0, 0.05) is 77.9 Å². The van der Waals surface area contributed by atoms with Gasteiger partial charge in [-0.1, -0.05) is 18.2 Å². The van der Waals surface area contributed by atoms with Crippen LogP contribution in [0.3, 0.4) is 0 Å². The van der Waals surface area contributed by atoms with Crippen LogP contribution in [-0.2, 0) is 14.3 Å². The van der Waals surface area contributed by atoms with Gasteiger partial charge in [0.2, 0.25) is 11.8 Å². The summed E-state index contributed by atoms with van der Waals surface area (Å²) in [7, 11) is 0. The van der Waals surface area contributed by atoms with Crippen LogP contribution in [-0.4, -0.2) is 98.6 Å². The molecular weight excluding hydrogens is 356 g/mol. The van der Waals surface area contributed by atoms with E-state index in [4.69, 9.17) is 4.74 Å². The Morgan fingerprint density at radius 1 is 0.964 bits per heavy atom. The fourth-order valence-corrected chi connectivity index (χ4v) is 3.76. The molecule has 0 aromatic heterocycles. The summed E-state index contributed by atoms with van der Waals surface area (Å²) >= 11 is 0. The van der Waals surface area contributed by atoms with Crippen LogP contribution >= 0.6 is 0 Å². The summed E-state index contributed by atoms with van der Waals surface area (Å²) in [6, 6.07) is 10.3. The maximum absolute atomic E-state index is 12.6. The number of hydrogen-bond acceptors (Lipinski definition) is 5. The van der Waals surface area contributed by atoms with Crippen molar-refractivity contribution < 1.29 is 14.3 Å². The molecule has 1 aromatic rings. The number of anilines is 1. The summed E-state index contributed by atoms with van der Waals surface area (Å²) in [5, 5.41) is 0. The van der Waals surface area contributed by atoms with E-state index in [1.54, 1.807) is 11.8 Å². The van der Waals surface area contributed by atoms with Crippen LogP contribution in [0.1, 0.15) is 13.3 Å². The summed E-state index contributed by atoms with van der Waals surface area (Å²) in [6.07, 6.45) is 0.397. The number of ether oxygens (including phenoxy) is 1. The lowest BCUT2D eigenvalue weighted by Gasteiger charge is -2.36. The Balaban J connectivity index is 1.40. The molecule has 154 valence electrons. The number of nitrogens with zero attached hydrogens (tertiary/aromatic N) is 4. The first-order valence-electron chi connectivity index (χ1n) is 10.3. The van der Waals surface area contributed by atoms with Crippen molar-refractivity contribution in [2.75, 3.05) is 77.0 Å². The molecule has 0 bridgehead atoms. The van der Waals surface area contributed by atoms with Crippen LogP contribution in [0, 0.1) is 0 Å². The van der Waals surface area contributed by atoms with E-state index in [9.17, 15) is 9.59 Å². The quantitative estimate of drug-likeness (QED) is 0.695. The second-order valence-electron chi connectivity index (χ2n) is 7.41. The van der Waals surface area contributed by atoms with Gasteiger partial charge in [0.15, 0.2) is 0 Å². The van der Waals surface area contributed by atoms with Crippen molar-refractivity contribution in [1.82, 2.24) is 14.7 Å². The number of carbonyl (C=O) groups excluding carboxylic acids is 2. The topological polar surface area (TPSA) is 56.3 Å². The number of benzene rings is 1. The van der Waals surface area contributed by atoms with Gasteiger partial charge in [0.1, 0.15) is 0 Å². The molecule has 2 heterocycles. The van der Waals surface area contributed by atoms with E-state index in [0.717, 1.165) is 59.0 Å². The Labute approximate surface area is 167 Å². The highest BCUT2D eigenvalue weighted by Crippen LogP contribution is 2.16. The number of morpholine rings is 1. The first kappa shape index (κ1) is 20.6. The number of rotatable bonds is 7. The minimum Gasteiger partial charge on any atom is -0.379 e. The Kier molecular flexibility index (Phi) is 7.68. The van der Waals surface area contributed by atoms with E-state index in [0.29, 0.717) is 19.5 Å². The standard InChI is InChI=1S/C21H32N4O3/c1-19(26)23(10-9-22-15-17-28-18-16-22)8-7-21(27)25-13-11-24(12-14-25)20-5-3-2-4-6-20/h2-6H,7-18H2,1H3. The van der Waals surface area contributed by atoms with Gasteiger partial charge in [-0.05, 0) is 12.1 Å². The van der Waals surface area contributed by atoms with Crippen LogP contribution < -0.4 is 4.90 Å². The number of piperazine rings is 1. The molecule has 0 saturated carbocycles. The van der Waals surface area contributed by atoms with E-state index in [1.807, 2.05) is 23.1 Å². The molecule has 0 radical (unpaired) electrons. The lowest BCUT2D eigenvalue weighted by molar-refractivity contribution is -0.133. The average molecular weight is 389 g/mol. The van der Waals surface area contributed by atoms with Gasteiger partial charge in [0.25, 0.3) is 0 Å². The maximum Gasteiger partial charge on any atom is 0.224 e. The zero-order valence-electron chi connectivity index (χ0n) is 16.9. The van der Waals surface area contributed by atoms with Crippen molar-refractivity contribution in [3.8, 4) is 0 Å². The Morgan fingerprint density at radius 2 is 1.64 bits per heavy atom. The molecular formula is C21H32N4O3. The van der Waals surface area contributed by atoms with Gasteiger partial charge < -0.3 is 19.4 Å². The predicted molar refractivity (Wildman–Crippen MR) is 109 cm³/mol. The van der Waals surface area contributed by atoms with Crippen LogP contribution in [0.2, 0.25) is 0 Å². The molecule has 0 unspecified atom stereocenters. The van der Waals surface area contributed by atoms with Crippen molar-refractivity contribution in [2.45, 2.75) is 13.3 Å². The highest BCUT2D eigenvalue weighted by Gasteiger charge is 2.22. The zero-order chi connectivity index (χ0) is 19.8. The van der Waals surface area contributed by atoms with Crippen LogP contribution in [0.4, 0.5) is 5.69 Å². The van der Waals surface area contributed by atoms with Gasteiger partial charge >= 0.3 is 0 Å². The van der Waals surface area contributed by atoms with Crippen molar-refractivity contribution in [1.29, 1.82) is 0 Å². The lowest BCUT2D eigenvalue weighted by Crippen LogP contribution is -2.49. The molecule has 2 saturated heterocycles. The fraction of sp³-hybridized carbons (Fsp3) is 0.619. The second kappa shape index (κ2) is 10.4. The molecule has 0 spiro atoms. The molecule has 2 fully saturated rings. The van der Waals surface area contributed by atoms with E-state index in [-0.39, 0.29) is 11.8 Å². The van der Waals surface area contributed by atoms with Gasteiger partial charge in [-0.2, -0.15) is 0 Å². The smallest absolute Gasteiger partial charge is 0.224 e. The third-order valence-corrected chi connectivity index (χ3v) is 5.58. The molecule has 0 aliphatic carbocycles. The Hall–Kier alpha value is -2.12. The minimum atomic E-state index is 0.0370. The summed E-state index contributed by atoms with van der Waals surface area (Å²) in [6.45, 7) is 10.1.